The molecule has 6 nitrogen and oxygen atoms in total. The van der Waals surface area contributed by atoms with Gasteiger partial charge in [0.05, 0.1) is 18.1 Å². The molecule has 3 rings (SSSR count). The summed E-state index contributed by atoms with van der Waals surface area (Å²) in [7, 11) is 0. The summed E-state index contributed by atoms with van der Waals surface area (Å²) in [5.74, 6) is -1.06. The van der Waals surface area contributed by atoms with E-state index >= 15 is 0 Å². The van der Waals surface area contributed by atoms with Crippen LogP contribution in [0, 0.1) is 5.92 Å². The first-order valence-electron chi connectivity index (χ1n) is 9.91. The number of carboxylic acids is 1. The quantitative estimate of drug-likeness (QED) is 0.828. The molecule has 1 aromatic rings. The number of nitrogens with one attached hydrogen (secondary N) is 1. The number of carboxylic acid groups (broad SMARTS) is 1. The highest BCUT2D eigenvalue weighted by Crippen LogP contribution is 2.24. The number of carbonyl (C=O) groups is 2. The van der Waals surface area contributed by atoms with Crippen molar-refractivity contribution in [2.45, 2.75) is 64.3 Å². The molecule has 2 atom stereocenters. The van der Waals surface area contributed by atoms with Crippen molar-refractivity contribution < 1.29 is 19.4 Å². The fourth-order valence-electron chi connectivity index (χ4n) is 4.19. The second-order valence-electron chi connectivity index (χ2n) is 8.01. The number of morpholine rings is 1. The van der Waals surface area contributed by atoms with E-state index < -0.39 is 5.97 Å². The predicted molar refractivity (Wildman–Crippen MR) is 103 cm³/mol. The van der Waals surface area contributed by atoms with Crippen LogP contribution >= 0.6 is 0 Å². The molecule has 1 aliphatic heterocycles. The summed E-state index contributed by atoms with van der Waals surface area (Å²) in [6.45, 7) is 6.90. The fourth-order valence-corrected chi connectivity index (χ4v) is 4.19. The van der Waals surface area contributed by atoms with Crippen molar-refractivity contribution in [3.05, 3.63) is 35.4 Å². The number of hydrogen-bond acceptors (Lipinski definition) is 4. The number of nitrogens with zero attached hydrogens (tertiary/aromatic N) is 1. The van der Waals surface area contributed by atoms with Crippen LogP contribution in [-0.2, 0) is 16.1 Å². The van der Waals surface area contributed by atoms with Crippen LogP contribution in [0.2, 0.25) is 0 Å². The summed E-state index contributed by atoms with van der Waals surface area (Å²) < 4.78 is 5.77. The fraction of sp³-hybridized carbons (Fsp3) is 0.619. The highest BCUT2D eigenvalue weighted by molar-refractivity contribution is 5.94. The maximum absolute atomic E-state index is 12.5. The highest BCUT2D eigenvalue weighted by atomic mass is 16.5. The van der Waals surface area contributed by atoms with Crippen molar-refractivity contribution in [2.75, 3.05) is 13.1 Å². The van der Waals surface area contributed by atoms with E-state index in [4.69, 9.17) is 9.84 Å². The van der Waals surface area contributed by atoms with Crippen LogP contribution in [-0.4, -0.2) is 53.2 Å². The van der Waals surface area contributed by atoms with Crippen LogP contribution in [0.5, 0.6) is 0 Å². The Kier molecular flexibility index (Phi) is 6.50. The predicted octanol–water partition coefficient (Wildman–Crippen LogP) is 2.67. The molecule has 6 heteroatoms. The van der Waals surface area contributed by atoms with Crippen LogP contribution in [0.3, 0.4) is 0 Å². The second kappa shape index (κ2) is 8.85. The Morgan fingerprint density at radius 3 is 2.22 bits per heavy atom. The maximum atomic E-state index is 12.5. The van der Waals surface area contributed by atoms with Crippen LogP contribution in [0.4, 0.5) is 0 Å². The molecule has 2 N–H and O–H groups in total. The molecular weight excluding hydrogens is 344 g/mol. The van der Waals surface area contributed by atoms with Gasteiger partial charge in [-0.05, 0) is 57.2 Å². The molecule has 0 aromatic heterocycles. The van der Waals surface area contributed by atoms with Gasteiger partial charge in [-0.25, -0.2) is 0 Å². The Morgan fingerprint density at radius 1 is 1.07 bits per heavy atom. The van der Waals surface area contributed by atoms with Gasteiger partial charge in [0.2, 0.25) is 0 Å². The van der Waals surface area contributed by atoms with E-state index in [2.05, 4.69) is 24.1 Å². The van der Waals surface area contributed by atoms with Gasteiger partial charge in [0.1, 0.15) is 0 Å². The molecule has 1 amide bonds. The van der Waals surface area contributed by atoms with Crippen molar-refractivity contribution >= 4 is 11.9 Å². The zero-order chi connectivity index (χ0) is 19.4. The third-order valence-corrected chi connectivity index (χ3v) is 5.53. The number of carbonyl (C=O) groups excluding carboxylic acids is 1. The molecule has 2 fully saturated rings. The molecule has 0 spiro atoms. The van der Waals surface area contributed by atoms with E-state index in [1.807, 2.05) is 24.3 Å². The van der Waals surface area contributed by atoms with Crippen molar-refractivity contribution in [2.24, 2.45) is 5.92 Å². The van der Waals surface area contributed by atoms with E-state index in [1.54, 1.807) is 0 Å². The summed E-state index contributed by atoms with van der Waals surface area (Å²) >= 11 is 0. The van der Waals surface area contributed by atoms with Gasteiger partial charge in [-0.15, -0.1) is 0 Å². The summed E-state index contributed by atoms with van der Waals surface area (Å²) in [4.78, 5) is 25.9. The number of aliphatic carboxylic acids is 1. The highest BCUT2D eigenvalue weighted by Gasteiger charge is 2.27. The van der Waals surface area contributed by atoms with Crippen molar-refractivity contribution in [1.82, 2.24) is 10.2 Å². The first-order valence-corrected chi connectivity index (χ1v) is 9.91. The number of amides is 1. The van der Waals surface area contributed by atoms with Crippen molar-refractivity contribution in [1.29, 1.82) is 0 Å². The topological polar surface area (TPSA) is 78.9 Å². The smallest absolute Gasteiger partial charge is 0.306 e. The average molecular weight is 374 g/mol. The maximum Gasteiger partial charge on any atom is 0.306 e. The summed E-state index contributed by atoms with van der Waals surface area (Å²) in [6.07, 6.45) is 3.22. The van der Waals surface area contributed by atoms with Crippen LogP contribution < -0.4 is 5.32 Å². The van der Waals surface area contributed by atoms with Gasteiger partial charge in [-0.2, -0.15) is 0 Å². The van der Waals surface area contributed by atoms with E-state index in [-0.39, 0.29) is 30.1 Å². The molecule has 1 aliphatic carbocycles. The van der Waals surface area contributed by atoms with Gasteiger partial charge in [0, 0.05) is 31.2 Å². The molecular formula is C21H30N2O4. The molecule has 1 saturated heterocycles. The average Bonchev–Trinajstić information content (AvgIpc) is 2.62. The third-order valence-electron chi connectivity index (χ3n) is 5.53. The molecule has 0 bridgehead atoms. The van der Waals surface area contributed by atoms with E-state index in [0.717, 1.165) is 32.5 Å². The van der Waals surface area contributed by atoms with Crippen LogP contribution in [0.1, 0.15) is 55.5 Å². The lowest BCUT2D eigenvalue weighted by atomic mass is 9.86. The lowest BCUT2D eigenvalue weighted by molar-refractivity contribution is -0.142. The lowest BCUT2D eigenvalue weighted by Crippen LogP contribution is -2.44. The summed E-state index contributed by atoms with van der Waals surface area (Å²) in [5.41, 5.74) is 1.85. The lowest BCUT2D eigenvalue weighted by Gasteiger charge is -2.35. The molecule has 1 saturated carbocycles. The SMILES string of the molecule is CC1CN(Cc2ccc(C(=O)NC3CCC(C(=O)O)CC3)cc2)CC(C)O1. The van der Waals surface area contributed by atoms with Gasteiger partial charge < -0.3 is 15.2 Å². The third kappa shape index (κ3) is 5.53. The molecule has 2 unspecified atom stereocenters. The first kappa shape index (κ1) is 19.8. The molecule has 148 valence electrons. The van der Waals surface area contributed by atoms with Gasteiger partial charge >= 0.3 is 5.97 Å². The van der Waals surface area contributed by atoms with Crippen LogP contribution in [0.25, 0.3) is 0 Å². The van der Waals surface area contributed by atoms with Gasteiger partial charge in [-0.3, -0.25) is 14.5 Å². The Bertz CT molecular complexity index is 643. The largest absolute Gasteiger partial charge is 0.481 e. The molecule has 27 heavy (non-hydrogen) atoms. The monoisotopic (exact) mass is 374 g/mol. The molecule has 2 aliphatic rings. The second-order valence-corrected chi connectivity index (χ2v) is 8.01. The van der Waals surface area contributed by atoms with E-state index in [1.165, 1.54) is 5.56 Å². The zero-order valence-corrected chi connectivity index (χ0v) is 16.2. The molecule has 1 heterocycles. The minimum absolute atomic E-state index is 0.0732. The number of ether oxygens (including phenoxy) is 1. The van der Waals surface area contributed by atoms with Gasteiger partial charge in [-0.1, -0.05) is 12.1 Å². The normalized spacial score (nSPS) is 29.3. The first-order chi connectivity index (χ1) is 12.9. The zero-order valence-electron chi connectivity index (χ0n) is 16.2. The Balaban J connectivity index is 1.49. The number of rotatable bonds is 5. The van der Waals surface area contributed by atoms with Gasteiger partial charge in [0.15, 0.2) is 0 Å². The minimum Gasteiger partial charge on any atom is -0.481 e. The van der Waals surface area contributed by atoms with Crippen molar-refractivity contribution in [3.63, 3.8) is 0 Å². The number of hydrogen-bond donors (Lipinski definition) is 2. The summed E-state index contributed by atoms with van der Waals surface area (Å²) in [5, 5.41) is 12.1. The van der Waals surface area contributed by atoms with E-state index in [9.17, 15) is 9.59 Å². The molecule has 0 radical (unpaired) electrons. The standard InChI is InChI=1S/C21H30N2O4/c1-14-11-23(12-15(2)27-14)13-16-3-5-17(6-4-16)20(24)22-19-9-7-18(8-10-19)21(25)26/h3-6,14-15,18-19H,7-13H2,1-2H3,(H,22,24)(H,25,26). The Labute approximate surface area is 160 Å². The van der Waals surface area contributed by atoms with Crippen LogP contribution in [0.15, 0.2) is 24.3 Å². The summed E-state index contributed by atoms with van der Waals surface area (Å²) in [6, 6.07) is 7.85. The minimum atomic E-state index is -0.723. The molecule has 1 aromatic carbocycles. The Hall–Kier alpha value is -1.92. The number of benzene rings is 1. The van der Waals surface area contributed by atoms with Crippen molar-refractivity contribution in [3.8, 4) is 0 Å². The Morgan fingerprint density at radius 2 is 1.67 bits per heavy atom. The van der Waals surface area contributed by atoms with Gasteiger partial charge in [0.25, 0.3) is 5.91 Å². The van der Waals surface area contributed by atoms with E-state index in [0.29, 0.717) is 18.4 Å².